The summed E-state index contributed by atoms with van der Waals surface area (Å²) in [6, 6.07) is 0. The van der Waals surface area contributed by atoms with Crippen molar-refractivity contribution in [1.29, 1.82) is 0 Å². The number of carboxylic acids is 1. The SMILES string of the molecule is CC(C)C1CC(C(=O)O)CCC1O. The van der Waals surface area contributed by atoms with E-state index in [9.17, 15) is 9.90 Å². The van der Waals surface area contributed by atoms with E-state index < -0.39 is 5.97 Å². The zero-order valence-electron chi connectivity index (χ0n) is 8.23. The normalized spacial score (nSPS) is 34.9. The summed E-state index contributed by atoms with van der Waals surface area (Å²) in [7, 11) is 0. The lowest BCUT2D eigenvalue weighted by Crippen LogP contribution is -2.35. The molecule has 3 nitrogen and oxygen atoms in total. The Bertz CT molecular complexity index is 189. The molecule has 13 heavy (non-hydrogen) atoms. The summed E-state index contributed by atoms with van der Waals surface area (Å²) in [4.78, 5) is 10.7. The first-order valence-electron chi connectivity index (χ1n) is 4.93. The molecule has 1 rings (SSSR count). The Hall–Kier alpha value is -0.570. The van der Waals surface area contributed by atoms with E-state index in [2.05, 4.69) is 0 Å². The van der Waals surface area contributed by atoms with Gasteiger partial charge in [-0.25, -0.2) is 0 Å². The molecule has 3 heteroatoms. The van der Waals surface area contributed by atoms with Gasteiger partial charge in [-0.2, -0.15) is 0 Å². The molecule has 0 bridgehead atoms. The summed E-state index contributed by atoms with van der Waals surface area (Å²) >= 11 is 0. The number of hydrogen-bond donors (Lipinski definition) is 2. The fourth-order valence-corrected chi connectivity index (χ4v) is 2.13. The van der Waals surface area contributed by atoms with Gasteiger partial charge in [0.25, 0.3) is 0 Å². The molecular formula is C10H18O3. The van der Waals surface area contributed by atoms with Crippen molar-refractivity contribution < 1.29 is 15.0 Å². The summed E-state index contributed by atoms with van der Waals surface area (Å²) < 4.78 is 0. The molecule has 0 spiro atoms. The minimum absolute atomic E-state index is 0.162. The van der Waals surface area contributed by atoms with E-state index in [0.29, 0.717) is 25.2 Å². The van der Waals surface area contributed by atoms with Crippen LogP contribution in [0.3, 0.4) is 0 Å². The highest BCUT2D eigenvalue weighted by molar-refractivity contribution is 5.70. The first-order valence-corrected chi connectivity index (χ1v) is 4.93. The quantitative estimate of drug-likeness (QED) is 0.687. The van der Waals surface area contributed by atoms with Crippen molar-refractivity contribution in [2.45, 2.75) is 39.2 Å². The van der Waals surface area contributed by atoms with E-state index in [1.807, 2.05) is 13.8 Å². The van der Waals surface area contributed by atoms with Gasteiger partial charge >= 0.3 is 5.97 Å². The van der Waals surface area contributed by atoms with Gasteiger partial charge in [-0.15, -0.1) is 0 Å². The highest BCUT2D eigenvalue weighted by Gasteiger charge is 2.34. The minimum atomic E-state index is -0.711. The van der Waals surface area contributed by atoms with Crippen molar-refractivity contribution in [2.24, 2.45) is 17.8 Å². The second kappa shape index (κ2) is 4.09. The van der Waals surface area contributed by atoms with Crippen molar-refractivity contribution >= 4 is 5.97 Å². The molecule has 76 valence electrons. The maximum Gasteiger partial charge on any atom is 0.306 e. The topological polar surface area (TPSA) is 57.5 Å². The molecule has 1 aliphatic rings. The van der Waals surface area contributed by atoms with Gasteiger partial charge in [0.05, 0.1) is 12.0 Å². The van der Waals surface area contributed by atoms with Crippen molar-refractivity contribution in [3.05, 3.63) is 0 Å². The Labute approximate surface area is 78.8 Å². The van der Waals surface area contributed by atoms with Crippen molar-refractivity contribution in [3.8, 4) is 0 Å². The number of aliphatic hydroxyl groups excluding tert-OH is 1. The average Bonchev–Trinajstić information content (AvgIpc) is 2.04. The summed E-state index contributed by atoms with van der Waals surface area (Å²) in [6.45, 7) is 4.08. The molecule has 2 N–H and O–H groups in total. The first kappa shape index (κ1) is 10.5. The summed E-state index contributed by atoms with van der Waals surface area (Å²) in [6.07, 6.45) is 1.60. The number of carboxylic acid groups (broad SMARTS) is 1. The third-order valence-electron chi connectivity index (χ3n) is 3.07. The van der Waals surface area contributed by atoms with Crippen LogP contribution in [0.4, 0.5) is 0 Å². The molecule has 3 atom stereocenters. The van der Waals surface area contributed by atoms with Crippen LogP contribution in [0.25, 0.3) is 0 Å². The minimum Gasteiger partial charge on any atom is -0.481 e. The average molecular weight is 186 g/mol. The molecule has 3 unspecified atom stereocenters. The van der Waals surface area contributed by atoms with Crippen LogP contribution in [-0.2, 0) is 4.79 Å². The largest absolute Gasteiger partial charge is 0.481 e. The zero-order chi connectivity index (χ0) is 10.0. The van der Waals surface area contributed by atoms with Crippen LogP contribution in [-0.4, -0.2) is 22.3 Å². The predicted molar refractivity (Wildman–Crippen MR) is 49.3 cm³/mol. The lowest BCUT2D eigenvalue weighted by atomic mass is 9.74. The maximum atomic E-state index is 10.7. The maximum absolute atomic E-state index is 10.7. The van der Waals surface area contributed by atoms with Crippen molar-refractivity contribution in [1.82, 2.24) is 0 Å². The van der Waals surface area contributed by atoms with Gasteiger partial charge in [-0.1, -0.05) is 13.8 Å². The lowest BCUT2D eigenvalue weighted by molar-refractivity contribution is -0.145. The van der Waals surface area contributed by atoms with Crippen LogP contribution in [0.2, 0.25) is 0 Å². The van der Waals surface area contributed by atoms with Crippen LogP contribution >= 0.6 is 0 Å². The summed E-state index contributed by atoms with van der Waals surface area (Å²) in [5.41, 5.74) is 0. The van der Waals surface area contributed by atoms with Gasteiger partial charge in [-0.05, 0) is 31.1 Å². The molecule has 0 aromatic heterocycles. The molecule has 0 aromatic rings. The van der Waals surface area contributed by atoms with Crippen molar-refractivity contribution in [3.63, 3.8) is 0 Å². The van der Waals surface area contributed by atoms with Crippen LogP contribution < -0.4 is 0 Å². The number of rotatable bonds is 2. The highest BCUT2D eigenvalue weighted by atomic mass is 16.4. The Balaban J connectivity index is 2.58. The number of aliphatic hydroxyl groups is 1. The van der Waals surface area contributed by atoms with E-state index in [1.165, 1.54) is 0 Å². The molecule has 0 aromatic carbocycles. The molecule has 0 aliphatic heterocycles. The molecule has 0 amide bonds. The van der Waals surface area contributed by atoms with Gasteiger partial charge in [0.2, 0.25) is 0 Å². The van der Waals surface area contributed by atoms with Gasteiger partial charge in [0.15, 0.2) is 0 Å². The van der Waals surface area contributed by atoms with Gasteiger partial charge in [0.1, 0.15) is 0 Å². The Morgan fingerprint density at radius 3 is 2.46 bits per heavy atom. The molecule has 0 heterocycles. The molecule has 0 saturated heterocycles. The number of carbonyl (C=O) groups is 1. The number of hydrogen-bond acceptors (Lipinski definition) is 2. The van der Waals surface area contributed by atoms with Crippen molar-refractivity contribution in [2.75, 3.05) is 0 Å². The third-order valence-corrected chi connectivity index (χ3v) is 3.07. The van der Waals surface area contributed by atoms with Crippen LogP contribution in [0.15, 0.2) is 0 Å². The van der Waals surface area contributed by atoms with E-state index in [0.717, 1.165) is 0 Å². The smallest absolute Gasteiger partial charge is 0.306 e. The molecule has 1 fully saturated rings. The molecule has 1 saturated carbocycles. The van der Waals surface area contributed by atoms with Crippen LogP contribution in [0, 0.1) is 17.8 Å². The standard InChI is InChI=1S/C10H18O3/c1-6(2)8-5-7(10(12)13)3-4-9(8)11/h6-9,11H,3-5H2,1-2H3,(H,12,13). The van der Waals surface area contributed by atoms with E-state index in [-0.39, 0.29) is 17.9 Å². The molecular weight excluding hydrogens is 168 g/mol. The fraction of sp³-hybridized carbons (Fsp3) is 0.900. The monoisotopic (exact) mass is 186 g/mol. The molecule has 1 aliphatic carbocycles. The fourth-order valence-electron chi connectivity index (χ4n) is 2.13. The second-order valence-electron chi connectivity index (χ2n) is 4.32. The van der Waals surface area contributed by atoms with E-state index >= 15 is 0 Å². The Kier molecular flexibility index (Phi) is 3.31. The lowest BCUT2D eigenvalue weighted by Gasteiger charge is -2.33. The Morgan fingerprint density at radius 1 is 1.38 bits per heavy atom. The van der Waals surface area contributed by atoms with Crippen LogP contribution in [0.1, 0.15) is 33.1 Å². The third kappa shape index (κ3) is 2.44. The van der Waals surface area contributed by atoms with E-state index in [4.69, 9.17) is 5.11 Å². The number of aliphatic carboxylic acids is 1. The van der Waals surface area contributed by atoms with Crippen LogP contribution in [0.5, 0.6) is 0 Å². The Morgan fingerprint density at radius 2 is 2.00 bits per heavy atom. The zero-order valence-corrected chi connectivity index (χ0v) is 8.23. The van der Waals surface area contributed by atoms with Gasteiger partial charge in [-0.3, -0.25) is 4.79 Å². The molecule has 0 radical (unpaired) electrons. The van der Waals surface area contributed by atoms with Gasteiger partial charge in [0, 0.05) is 0 Å². The first-order chi connectivity index (χ1) is 6.02. The second-order valence-corrected chi connectivity index (χ2v) is 4.32. The summed E-state index contributed by atoms with van der Waals surface area (Å²) in [5, 5.41) is 18.5. The predicted octanol–water partition coefficient (Wildman–Crippen LogP) is 1.50. The highest BCUT2D eigenvalue weighted by Crippen LogP contribution is 2.33. The van der Waals surface area contributed by atoms with Gasteiger partial charge < -0.3 is 10.2 Å². The summed E-state index contributed by atoms with van der Waals surface area (Å²) in [5.74, 6) is -0.416. The van der Waals surface area contributed by atoms with E-state index in [1.54, 1.807) is 0 Å².